The predicted octanol–water partition coefficient (Wildman–Crippen LogP) is 4.09. The van der Waals surface area contributed by atoms with E-state index < -0.39 is 29.6 Å². The van der Waals surface area contributed by atoms with E-state index in [1.165, 1.54) is 21.3 Å². The van der Waals surface area contributed by atoms with Crippen LogP contribution in [0.15, 0.2) is 42.5 Å². The molecule has 2 aromatic carbocycles. The van der Waals surface area contributed by atoms with Gasteiger partial charge in [0.2, 0.25) is 0 Å². The lowest BCUT2D eigenvalue weighted by atomic mass is 10.0. The van der Waals surface area contributed by atoms with Crippen molar-refractivity contribution in [2.75, 3.05) is 26.6 Å². The molecule has 33 heavy (non-hydrogen) atoms. The molecule has 2 N–H and O–H groups in total. The van der Waals surface area contributed by atoms with Crippen molar-refractivity contribution in [3.63, 3.8) is 0 Å². The summed E-state index contributed by atoms with van der Waals surface area (Å²) < 4.78 is 20.6. The van der Waals surface area contributed by atoms with Crippen LogP contribution in [0.1, 0.15) is 49.2 Å². The van der Waals surface area contributed by atoms with Gasteiger partial charge in [-0.1, -0.05) is 6.07 Å². The summed E-state index contributed by atoms with van der Waals surface area (Å²) in [5, 5.41) is 5.46. The third-order valence-electron chi connectivity index (χ3n) is 4.51. The molecule has 0 aliphatic carbocycles. The highest BCUT2D eigenvalue weighted by Crippen LogP contribution is 2.31. The molecule has 0 saturated carbocycles. The van der Waals surface area contributed by atoms with Gasteiger partial charge in [-0.25, -0.2) is 4.79 Å². The Labute approximate surface area is 193 Å². The van der Waals surface area contributed by atoms with E-state index in [1.54, 1.807) is 63.2 Å². The average Bonchev–Trinajstić information content (AvgIpc) is 2.77. The summed E-state index contributed by atoms with van der Waals surface area (Å²) in [6.07, 6.45) is -0.665. The molecule has 2 rings (SSSR count). The largest absolute Gasteiger partial charge is 0.493 e. The maximum atomic E-state index is 12.9. The van der Waals surface area contributed by atoms with Crippen molar-refractivity contribution in [1.29, 1.82) is 0 Å². The van der Waals surface area contributed by atoms with E-state index in [0.717, 1.165) is 0 Å². The highest BCUT2D eigenvalue weighted by molar-refractivity contribution is 5.95. The summed E-state index contributed by atoms with van der Waals surface area (Å²) in [6.45, 7) is 5.30. The van der Waals surface area contributed by atoms with Gasteiger partial charge in [0.15, 0.2) is 11.5 Å². The second kappa shape index (κ2) is 11.2. The Morgan fingerprint density at radius 2 is 1.55 bits per heavy atom. The number of esters is 1. The molecule has 9 heteroatoms. The second-order valence-corrected chi connectivity index (χ2v) is 8.12. The normalized spacial score (nSPS) is 11.7. The number of methoxy groups -OCH3 is 3. The van der Waals surface area contributed by atoms with Gasteiger partial charge in [-0.15, -0.1) is 0 Å². The fourth-order valence-corrected chi connectivity index (χ4v) is 2.94. The molecule has 0 bridgehead atoms. The number of hydrogen-bond acceptors (Lipinski definition) is 7. The number of nitrogens with one attached hydrogen (secondary N) is 2. The van der Waals surface area contributed by atoms with E-state index in [4.69, 9.17) is 18.9 Å². The zero-order chi connectivity index (χ0) is 24.6. The van der Waals surface area contributed by atoms with E-state index in [1.807, 2.05) is 0 Å². The van der Waals surface area contributed by atoms with Crippen LogP contribution in [-0.4, -0.2) is 44.9 Å². The lowest BCUT2D eigenvalue weighted by molar-refractivity contribution is -0.141. The van der Waals surface area contributed by atoms with Crippen LogP contribution in [0.4, 0.5) is 10.5 Å². The first-order chi connectivity index (χ1) is 15.6. The molecule has 0 aliphatic heterocycles. The molecular formula is C24H30N2O7. The lowest BCUT2D eigenvalue weighted by Crippen LogP contribution is -2.30. The lowest BCUT2D eigenvalue weighted by Gasteiger charge is -2.20. The summed E-state index contributed by atoms with van der Waals surface area (Å²) in [7, 11) is 4.31. The van der Waals surface area contributed by atoms with Crippen molar-refractivity contribution in [3.05, 3.63) is 53.6 Å². The van der Waals surface area contributed by atoms with E-state index >= 15 is 0 Å². The van der Waals surface area contributed by atoms with Crippen molar-refractivity contribution in [2.45, 2.75) is 38.8 Å². The maximum Gasteiger partial charge on any atom is 0.412 e. The highest BCUT2D eigenvalue weighted by atomic mass is 16.6. The van der Waals surface area contributed by atoms with Crippen LogP contribution in [0.3, 0.4) is 0 Å². The number of rotatable bonds is 8. The molecule has 2 amide bonds. The highest BCUT2D eigenvalue weighted by Gasteiger charge is 2.22. The summed E-state index contributed by atoms with van der Waals surface area (Å²) in [5.41, 5.74) is 0.851. The first kappa shape index (κ1) is 25.5. The molecule has 0 aliphatic rings. The zero-order valence-electron chi connectivity index (χ0n) is 19.7. The third-order valence-corrected chi connectivity index (χ3v) is 4.51. The maximum absolute atomic E-state index is 12.9. The van der Waals surface area contributed by atoms with E-state index in [-0.39, 0.29) is 6.42 Å². The Balaban J connectivity index is 2.17. The Kier molecular flexibility index (Phi) is 8.67. The molecule has 1 unspecified atom stereocenters. The molecule has 0 radical (unpaired) electrons. The van der Waals surface area contributed by atoms with Crippen molar-refractivity contribution >= 4 is 23.7 Å². The van der Waals surface area contributed by atoms with Crippen molar-refractivity contribution in [2.24, 2.45) is 0 Å². The van der Waals surface area contributed by atoms with Gasteiger partial charge in [-0.05, 0) is 62.7 Å². The van der Waals surface area contributed by atoms with Crippen LogP contribution in [0.2, 0.25) is 0 Å². The van der Waals surface area contributed by atoms with Gasteiger partial charge < -0.3 is 24.3 Å². The molecule has 0 saturated heterocycles. The Hall–Kier alpha value is -3.75. The average molecular weight is 459 g/mol. The van der Waals surface area contributed by atoms with Gasteiger partial charge in [-0.3, -0.25) is 14.9 Å². The number of hydrogen-bond donors (Lipinski definition) is 2. The van der Waals surface area contributed by atoms with Crippen LogP contribution >= 0.6 is 0 Å². The van der Waals surface area contributed by atoms with E-state index in [0.29, 0.717) is 28.3 Å². The minimum Gasteiger partial charge on any atom is -0.493 e. The van der Waals surface area contributed by atoms with Crippen molar-refractivity contribution in [1.82, 2.24) is 5.32 Å². The van der Waals surface area contributed by atoms with Gasteiger partial charge in [0.1, 0.15) is 5.60 Å². The molecule has 0 fully saturated rings. The van der Waals surface area contributed by atoms with Gasteiger partial charge in [0.25, 0.3) is 5.91 Å². The van der Waals surface area contributed by atoms with Crippen LogP contribution in [0.5, 0.6) is 11.5 Å². The number of carbonyl (C=O) groups is 3. The monoisotopic (exact) mass is 458 g/mol. The quantitative estimate of drug-likeness (QED) is 0.573. The molecule has 0 aromatic heterocycles. The minimum atomic E-state index is -0.663. The minimum absolute atomic E-state index is 0.0734. The zero-order valence-corrected chi connectivity index (χ0v) is 19.7. The molecule has 178 valence electrons. The van der Waals surface area contributed by atoms with Crippen LogP contribution in [0.25, 0.3) is 0 Å². The van der Waals surface area contributed by atoms with Crippen LogP contribution in [-0.2, 0) is 14.3 Å². The number of anilines is 1. The number of ether oxygens (including phenoxy) is 4. The van der Waals surface area contributed by atoms with E-state index in [9.17, 15) is 14.4 Å². The summed E-state index contributed by atoms with van der Waals surface area (Å²) in [5.74, 6) is 0.114. The molecule has 9 nitrogen and oxygen atoms in total. The topological polar surface area (TPSA) is 112 Å². The third kappa shape index (κ3) is 7.71. The summed E-state index contributed by atoms with van der Waals surface area (Å²) in [4.78, 5) is 36.7. The van der Waals surface area contributed by atoms with E-state index in [2.05, 4.69) is 10.6 Å². The number of carbonyl (C=O) groups excluding carboxylic acids is 3. The predicted molar refractivity (Wildman–Crippen MR) is 123 cm³/mol. The molecular weight excluding hydrogens is 428 g/mol. The molecule has 0 heterocycles. The first-order valence-corrected chi connectivity index (χ1v) is 10.3. The molecule has 1 atom stereocenters. The Morgan fingerprint density at radius 1 is 0.909 bits per heavy atom. The molecule has 0 spiro atoms. The molecule has 2 aromatic rings. The number of amides is 2. The van der Waals surface area contributed by atoms with Gasteiger partial charge in [0, 0.05) is 11.3 Å². The fourth-order valence-electron chi connectivity index (χ4n) is 2.94. The fraction of sp³-hybridized carbons (Fsp3) is 0.375. The van der Waals surface area contributed by atoms with Crippen LogP contribution < -0.4 is 20.1 Å². The second-order valence-electron chi connectivity index (χ2n) is 8.12. The van der Waals surface area contributed by atoms with Crippen LogP contribution in [0, 0.1) is 0 Å². The summed E-state index contributed by atoms with van der Waals surface area (Å²) in [6, 6.07) is 10.8. The van der Waals surface area contributed by atoms with Crippen molar-refractivity contribution in [3.8, 4) is 11.5 Å². The number of benzene rings is 2. The standard InChI is InChI=1S/C24H30N2O7/c1-24(2,3)33-23(29)25-17-10-7-15(8-11-17)22(28)26-18(14-21(27)32-6)16-9-12-19(30-4)20(13-16)31-5/h7-13,18H,14H2,1-6H3,(H,25,29)(H,26,28). The summed E-state index contributed by atoms with van der Waals surface area (Å²) >= 11 is 0. The Bertz CT molecular complexity index is 981. The Morgan fingerprint density at radius 3 is 2.09 bits per heavy atom. The van der Waals surface area contributed by atoms with Gasteiger partial charge in [-0.2, -0.15) is 0 Å². The van der Waals surface area contributed by atoms with Crippen molar-refractivity contribution < 1.29 is 33.3 Å². The SMILES string of the molecule is COC(=O)CC(NC(=O)c1ccc(NC(=O)OC(C)(C)C)cc1)c1ccc(OC)c(OC)c1. The van der Waals surface area contributed by atoms with Gasteiger partial charge >= 0.3 is 12.1 Å². The van der Waals surface area contributed by atoms with Gasteiger partial charge in [0.05, 0.1) is 33.8 Å². The first-order valence-electron chi connectivity index (χ1n) is 10.3. The smallest absolute Gasteiger partial charge is 0.412 e.